The Morgan fingerprint density at radius 3 is 2.10 bits per heavy atom. The number of rotatable bonds is 11. The Morgan fingerprint density at radius 1 is 0.800 bits per heavy atom. The van der Waals surface area contributed by atoms with Crippen LogP contribution in [0.25, 0.3) is 0 Å². The third-order valence-electron chi connectivity index (χ3n) is 2.29. The summed E-state index contributed by atoms with van der Waals surface area (Å²) in [6.07, 6.45) is 0.790. The summed E-state index contributed by atoms with van der Waals surface area (Å²) >= 11 is 0. The van der Waals surface area contributed by atoms with E-state index in [0.29, 0.717) is 25.9 Å². The van der Waals surface area contributed by atoms with Crippen molar-refractivity contribution in [2.75, 3.05) is 33.1 Å². The summed E-state index contributed by atoms with van der Waals surface area (Å²) < 4.78 is 5.09. The first-order chi connectivity index (χ1) is 9.60. The fourth-order valence-corrected chi connectivity index (χ4v) is 1.11. The molecule has 0 radical (unpaired) electrons. The number of hydrogen-bond donors (Lipinski definition) is 4. The second-order valence-corrected chi connectivity index (χ2v) is 3.93. The van der Waals surface area contributed by atoms with Crippen LogP contribution in [0.15, 0.2) is 0 Å². The molecule has 4 N–H and O–H groups in total. The minimum atomic E-state index is -0.232. The van der Waals surface area contributed by atoms with Gasteiger partial charge in [-0.2, -0.15) is 0 Å². The number of ether oxygens (including phenoxy) is 1. The molecule has 3 amide bonds. The summed E-state index contributed by atoms with van der Waals surface area (Å²) in [6, 6.07) is 0. The lowest BCUT2D eigenvalue weighted by Crippen LogP contribution is -2.39. The van der Waals surface area contributed by atoms with Gasteiger partial charge in [0.2, 0.25) is 17.7 Å². The molecular weight excluding hydrogens is 264 g/mol. The van der Waals surface area contributed by atoms with Crippen molar-refractivity contribution in [3.05, 3.63) is 0 Å². The van der Waals surface area contributed by atoms with Crippen molar-refractivity contribution in [3.8, 4) is 0 Å². The van der Waals surface area contributed by atoms with Crippen LogP contribution in [0, 0.1) is 0 Å². The van der Waals surface area contributed by atoms with Gasteiger partial charge in [-0.05, 0) is 0 Å². The molecule has 0 aromatic carbocycles. The molecule has 0 saturated heterocycles. The standard InChI is InChI=1S/C12H24N4O4/c1-3-10(17)15-7-12(19)14-6-5-13-8-20-9-16-11(18)4-2/h13H,3-9H2,1-2H3,(H,14,19)(H,15,17)(H,16,18). The van der Waals surface area contributed by atoms with Crippen molar-refractivity contribution < 1.29 is 19.1 Å². The summed E-state index contributed by atoms with van der Waals surface area (Å²) in [5, 5.41) is 10.6. The van der Waals surface area contributed by atoms with Gasteiger partial charge in [-0.1, -0.05) is 13.8 Å². The van der Waals surface area contributed by atoms with Crippen molar-refractivity contribution in [1.82, 2.24) is 21.3 Å². The third kappa shape index (κ3) is 11.4. The highest BCUT2D eigenvalue weighted by atomic mass is 16.5. The molecule has 20 heavy (non-hydrogen) atoms. The predicted molar refractivity (Wildman–Crippen MR) is 73.6 cm³/mol. The molecule has 0 aromatic heterocycles. The van der Waals surface area contributed by atoms with E-state index >= 15 is 0 Å². The minimum Gasteiger partial charge on any atom is -0.353 e. The van der Waals surface area contributed by atoms with Gasteiger partial charge in [-0.3, -0.25) is 19.7 Å². The Bertz CT molecular complexity index is 310. The summed E-state index contributed by atoms with van der Waals surface area (Å²) in [7, 11) is 0. The normalized spacial score (nSPS) is 9.90. The zero-order valence-corrected chi connectivity index (χ0v) is 12.1. The number of carbonyl (C=O) groups is 3. The Hall–Kier alpha value is -1.67. The van der Waals surface area contributed by atoms with Crippen molar-refractivity contribution >= 4 is 17.7 Å². The van der Waals surface area contributed by atoms with E-state index in [1.54, 1.807) is 13.8 Å². The number of carbonyl (C=O) groups excluding carboxylic acids is 3. The van der Waals surface area contributed by atoms with Crippen LogP contribution in [0.3, 0.4) is 0 Å². The topological polar surface area (TPSA) is 109 Å². The molecule has 0 rings (SSSR count). The maximum atomic E-state index is 11.3. The molecule has 0 unspecified atom stereocenters. The second kappa shape index (κ2) is 12.4. The number of hydrogen-bond acceptors (Lipinski definition) is 5. The van der Waals surface area contributed by atoms with Gasteiger partial charge in [-0.25, -0.2) is 0 Å². The van der Waals surface area contributed by atoms with E-state index in [1.165, 1.54) is 0 Å². The maximum Gasteiger partial charge on any atom is 0.239 e. The Morgan fingerprint density at radius 2 is 1.45 bits per heavy atom. The first-order valence-corrected chi connectivity index (χ1v) is 6.68. The summed E-state index contributed by atoms with van der Waals surface area (Å²) in [4.78, 5) is 33.1. The van der Waals surface area contributed by atoms with E-state index in [1.807, 2.05) is 0 Å². The van der Waals surface area contributed by atoms with Crippen LogP contribution in [-0.4, -0.2) is 50.8 Å². The Kier molecular flexibility index (Phi) is 11.3. The lowest BCUT2D eigenvalue weighted by Gasteiger charge is -2.08. The molecule has 0 bridgehead atoms. The van der Waals surface area contributed by atoms with Crippen LogP contribution >= 0.6 is 0 Å². The number of amides is 3. The SMILES string of the molecule is CCC(=O)NCOCNCCNC(=O)CNC(=O)CC. The molecule has 0 aliphatic rings. The summed E-state index contributed by atoms with van der Waals surface area (Å²) in [5.74, 6) is -0.447. The van der Waals surface area contributed by atoms with E-state index in [4.69, 9.17) is 4.74 Å². The maximum absolute atomic E-state index is 11.3. The molecule has 8 nitrogen and oxygen atoms in total. The molecule has 0 fully saturated rings. The molecular formula is C12H24N4O4. The van der Waals surface area contributed by atoms with Crippen molar-refractivity contribution in [3.63, 3.8) is 0 Å². The average Bonchev–Trinajstić information content (AvgIpc) is 2.46. The molecule has 0 heterocycles. The lowest BCUT2D eigenvalue weighted by molar-refractivity contribution is -0.125. The minimum absolute atomic E-state index is 0.00772. The molecule has 0 atom stereocenters. The first kappa shape index (κ1) is 18.3. The molecule has 8 heteroatoms. The second-order valence-electron chi connectivity index (χ2n) is 3.93. The van der Waals surface area contributed by atoms with Crippen molar-refractivity contribution in [1.29, 1.82) is 0 Å². The van der Waals surface area contributed by atoms with E-state index < -0.39 is 0 Å². The van der Waals surface area contributed by atoms with Gasteiger partial charge in [0.15, 0.2) is 0 Å². The average molecular weight is 288 g/mol. The van der Waals surface area contributed by atoms with Crippen molar-refractivity contribution in [2.24, 2.45) is 0 Å². The molecule has 116 valence electrons. The van der Waals surface area contributed by atoms with Gasteiger partial charge < -0.3 is 20.7 Å². The monoisotopic (exact) mass is 288 g/mol. The van der Waals surface area contributed by atoms with Crippen LogP contribution in [0.2, 0.25) is 0 Å². The van der Waals surface area contributed by atoms with Gasteiger partial charge in [0.05, 0.1) is 13.3 Å². The highest BCUT2D eigenvalue weighted by molar-refractivity contribution is 5.84. The van der Waals surface area contributed by atoms with Gasteiger partial charge in [-0.15, -0.1) is 0 Å². The fraction of sp³-hybridized carbons (Fsp3) is 0.750. The van der Waals surface area contributed by atoms with Crippen LogP contribution in [0.1, 0.15) is 26.7 Å². The van der Waals surface area contributed by atoms with Crippen LogP contribution in [0.4, 0.5) is 0 Å². The molecule has 0 spiro atoms. The van der Waals surface area contributed by atoms with E-state index in [9.17, 15) is 14.4 Å². The highest BCUT2D eigenvalue weighted by Gasteiger charge is 2.02. The van der Waals surface area contributed by atoms with E-state index in [2.05, 4.69) is 21.3 Å². The summed E-state index contributed by atoms with van der Waals surface area (Å²) in [6.45, 7) is 4.90. The zero-order chi connectivity index (χ0) is 15.2. The quantitative estimate of drug-likeness (QED) is 0.278. The fourth-order valence-electron chi connectivity index (χ4n) is 1.11. The Balaban J connectivity index is 3.29. The third-order valence-corrected chi connectivity index (χ3v) is 2.29. The molecule has 0 aliphatic carbocycles. The molecule has 0 saturated carbocycles. The smallest absolute Gasteiger partial charge is 0.239 e. The molecule has 0 aromatic rings. The van der Waals surface area contributed by atoms with E-state index in [-0.39, 0.29) is 37.7 Å². The van der Waals surface area contributed by atoms with Crippen LogP contribution < -0.4 is 21.3 Å². The largest absolute Gasteiger partial charge is 0.353 e. The van der Waals surface area contributed by atoms with E-state index in [0.717, 1.165) is 0 Å². The molecule has 0 aliphatic heterocycles. The van der Waals surface area contributed by atoms with Gasteiger partial charge in [0.1, 0.15) is 6.73 Å². The number of nitrogens with one attached hydrogen (secondary N) is 4. The van der Waals surface area contributed by atoms with Crippen molar-refractivity contribution in [2.45, 2.75) is 26.7 Å². The first-order valence-electron chi connectivity index (χ1n) is 6.68. The lowest BCUT2D eigenvalue weighted by atomic mass is 10.4. The Labute approximate surface area is 119 Å². The van der Waals surface area contributed by atoms with Gasteiger partial charge in [0.25, 0.3) is 0 Å². The van der Waals surface area contributed by atoms with Crippen LogP contribution in [-0.2, 0) is 19.1 Å². The van der Waals surface area contributed by atoms with Gasteiger partial charge in [0, 0.05) is 25.9 Å². The van der Waals surface area contributed by atoms with Gasteiger partial charge >= 0.3 is 0 Å². The predicted octanol–water partition coefficient (Wildman–Crippen LogP) is -1.32. The summed E-state index contributed by atoms with van der Waals surface area (Å²) in [5.41, 5.74) is 0. The highest BCUT2D eigenvalue weighted by Crippen LogP contribution is 1.75. The zero-order valence-electron chi connectivity index (χ0n) is 12.1. The van der Waals surface area contributed by atoms with Crippen LogP contribution in [0.5, 0.6) is 0 Å².